The Bertz CT molecular complexity index is 1280. The van der Waals surface area contributed by atoms with E-state index in [1.54, 1.807) is 19.1 Å². The molecule has 0 heterocycles. The van der Waals surface area contributed by atoms with Gasteiger partial charge < -0.3 is 4.74 Å². The first-order valence-electron chi connectivity index (χ1n) is 10.4. The van der Waals surface area contributed by atoms with Crippen molar-refractivity contribution in [1.29, 1.82) is 10.5 Å². The van der Waals surface area contributed by atoms with Crippen LogP contribution in [0.15, 0.2) is 46.7 Å². The number of hydrogen-bond acceptors (Lipinski definition) is 7. The molecule has 1 amide bonds. The maximum absolute atomic E-state index is 13.3. The Morgan fingerprint density at radius 2 is 1.51 bits per heavy atom. The fourth-order valence-corrected chi connectivity index (χ4v) is 2.77. The molecule has 0 saturated carbocycles. The average molecular weight is 525 g/mol. The number of unbranched alkanes of at least 4 members (excludes halogenated alkanes) is 1. The number of ether oxygens (including phenoxy) is 1. The summed E-state index contributed by atoms with van der Waals surface area (Å²) in [5, 5.41) is 25.6. The molecule has 2 rings (SSSR count). The van der Waals surface area contributed by atoms with Crippen molar-refractivity contribution in [1.82, 2.24) is 0 Å². The number of nitriles is 2. The zero-order valence-corrected chi connectivity index (χ0v) is 19.0. The Labute approximate surface area is 206 Å². The van der Waals surface area contributed by atoms with Gasteiger partial charge in [-0.2, -0.15) is 41.9 Å². The number of carbonyl (C=O) groups is 2. The van der Waals surface area contributed by atoms with Crippen molar-refractivity contribution in [3.63, 3.8) is 0 Å². The number of esters is 1. The fraction of sp³-hybridized carbons (Fsp3) is 0.304. The highest BCUT2D eigenvalue weighted by molar-refractivity contribution is 6.03. The summed E-state index contributed by atoms with van der Waals surface area (Å²) in [5.74, 6) is -2.34. The number of amides is 1. The molecule has 0 aromatic heterocycles. The third kappa shape index (κ3) is 7.76. The molecule has 0 N–H and O–H groups in total. The summed E-state index contributed by atoms with van der Waals surface area (Å²) < 4.78 is 84.1. The lowest BCUT2D eigenvalue weighted by Crippen LogP contribution is -2.29. The van der Waals surface area contributed by atoms with Gasteiger partial charge in [0.2, 0.25) is 0 Å². The number of anilines is 1. The first-order chi connectivity index (χ1) is 17.3. The van der Waals surface area contributed by atoms with Crippen molar-refractivity contribution in [3.8, 4) is 12.1 Å². The number of alkyl halides is 6. The molecule has 8 nitrogen and oxygen atoms in total. The predicted octanol–water partition coefficient (Wildman–Crippen LogP) is 6.23. The van der Waals surface area contributed by atoms with Gasteiger partial charge in [-0.25, -0.2) is 0 Å². The van der Waals surface area contributed by atoms with Gasteiger partial charge in [-0.05, 0) is 42.8 Å². The zero-order valence-electron chi connectivity index (χ0n) is 19.0. The Balaban J connectivity index is 2.61. The van der Waals surface area contributed by atoms with Crippen LogP contribution in [0.2, 0.25) is 0 Å². The summed E-state index contributed by atoms with van der Waals surface area (Å²) in [6.07, 6.45) is -9.62. The van der Waals surface area contributed by atoms with Crippen molar-refractivity contribution < 1.29 is 40.7 Å². The standard InChI is InChI=1S/C23H17F6N5O3/c1-2-3-8-37-21(36)11-20(35)34(19-10-17(23(27,28)29)7-5-15(19)13-31)33-32-18-9-16(22(24,25)26)6-4-14(18)12-30/h4-7,9-10H,2-3,8,11H2,1H3. The summed E-state index contributed by atoms with van der Waals surface area (Å²) in [5.41, 5.74) is -4.77. The highest BCUT2D eigenvalue weighted by Crippen LogP contribution is 2.35. The minimum Gasteiger partial charge on any atom is -0.465 e. The smallest absolute Gasteiger partial charge is 0.416 e. The number of rotatable bonds is 8. The molecule has 0 aliphatic heterocycles. The zero-order chi connectivity index (χ0) is 27.8. The van der Waals surface area contributed by atoms with E-state index in [1.165, 1.54) is 0 Å². The van der Waals surface area contributed by atoms with E-state index in [4.69, 9.17) is 4.74 Å². The maximum Gasteiger partial charge on any atom is 0.416 e. The van der Waals surface area contributed by atoms with Crippen molar-refractivity contribution in [3.05, 3.63) is 58.7 Å². The minimum absolute atomic E-state index is 0.0348. The van der Waals surface area contributed by atoms with Crippen molar-refractivity contribution >= 4 is 23.3 Å². The lowest BCUT2D eigenvalue weighted by Gasteiger charge is -2.19. The molecule has 2 aromatic rings. The van der Waals surface area contributed by atoms with E-state index in [9.17, 15) is 46.5 Å². The Hall–Kier alpha value is -4.46. The van der Waals surface area contributed by atoms with E-state index in [-0.39, 0.29) is 11.6 Å². The summed E-state index contributed by atoms with van der Waals surface area (Å²) in [6, 6.07) is 6.71. The first-order valence-corrected chi connectivity index (χ1v) is 10.4. The summed E-state index contributed by atoms with van der Waals surface area (Å²) in [6.45, 7) is 1.77. The highest BCUT2D eigenvalue weighted by Gasteiger charge is 2.33. The quantitative estimate of drug-likeness (QED) is 0.101. The van der Waals surface area contributed by atoms with Crippen LogP contribution in [0.3, 0.4) is 0 Å². The van der Waals surface area contributed by atoms with E-state index in [0.29, 0.717) is 37.1 Å². The number of carbonyl (C=O) groups excluding carboxylic acids is 2. The second-order valence-electron chi connectivity index (χ2n) is 7.33. The molecule has 0 fully saturated rings. The van der Waals surface area contributed by atoms with Gasteiger partial charge in [-0.1, -0.05) is 18.6 Å². The Kier molecular flexibility index (Phi) is 9.32. The maximum atomic E-state index is 13.3. The topological polar surface area (TPSA) is 119 Å². The van der Waals surface area contributed by atoms with Crippen molar-refractivity contribution in [2.45, 2.75) is 38.5 Å². The van der Waals surface area contributed by atoms with Gasteiger partial charge in [0.15, 0.2) is 0 Å². The fourth-order valence-electron chi connectivity index (χ4n) is 2.77. The second kappa shape index (κ2) is 12.0. The molecule has 194 valence electrons. The summed E-state index contributed by atoms with van der Waals surface area (Å²) in [4.78, 5) is 24.9. The third-order valence-corrected chi connectivity index (χ3v) is 4.65. The highest BCUT2D eigenvalue weighted by atomic mass is 19.4. The molecule has 0 saturated heterocycles. The van der Waals surface area contributed by atoms with Gasteiger partial charge in [0, 0.05) is 0 Å². The molecule has 0 aliphatic carbocycles. The lowest BCUT2D eigenvalue weighted by atomic mass is 10.1. The van der Waals surface area contributed by atoms with Crippen LogP contribution in [0.1, 0.15) is 48.4 Å². The molecule has 0 bridgehead atoms. The summed E-state index contributed by atoms with van der Waals surface area (Å²) >= 11 is 0. The monoisotopic (exact) mass is 525 g/mol. The molecular weight excluding hydrogens is 508 g/mol. The van der Waals surface area contributed by atoms with Gasteiger partial charge in [0.25, 0.3) is 5.91 Å². The van der Waals surface area contributed by atoms with Crippen molar-refractivity contribution in [2.24, 2.45) is 10.3 Å². The molecule has 2 aromatic carbocycles. The third-order valence-electron chi connectivity index (χ3n) is 4.65. The number of nitrogens with zero attached hydrogens (tertiary/aromatic N) is 5. The van der Waals surface area contributed by atoms with E-state index >= 15 is 0 Å². The van der Waals surface area contributed by atoms with Crippen LogP contribution >= 0.6 is 0 Å². The van der Waals surface area contributed by atoms with Crippen LogP contribution in [0, 0.1) is 22.7 Å². The van der Waals surface area contributed by atoms with Gasteiger partial charge >= 0.3 is 18.3 Å². The summed E-state index contributed by atoms with van der Waals surface area (Å²) in [7, 11) is 0. The van der Waals surface area contributed by atoms with Gasteiger partial charge in [0.05, 0.1) is 34.5 Å². The number of hydrogen-bond donors (Lipinski definition) is 0. The van der Waals surface area contributed by atoms with Gasteiger partial charge in [0.1, 0.15) is 24.2 Å². The van der Waals surface area contributed by atoms with Crippen LogP contribution in [0.4, 0.5) is 37.7 Å². The number of benzene rings is 2. The predicted molar refractivity (Wildman–Crippen MR) is 115 cm³/mol. The molecule has 0 radical (unpaired) electrons. The first kappa shape index (κ1) is 28.8. The molecule has 14 heteroatoms. The molecule has 0 unspecified atom stereocenters. The van der Waals surface area contributed by atoms with E-state index < -0.39 is 64.3 Å². The van der Waals surface area contributed by atoms with Crippen LogP contribution in [-0.4, -0.2) is 18.5 Å². The minimum atomic E-state index is -4.90. The van der Waals surface area contributed by atoms with Crippen molar-refractivity contribution in [2.75, 3.05) is 11.6 Å². The largest absolute Gasteiger partial charge is 0.465 e. The normalized spacial score (nSPS) is 11.6. The molecule has 37 heavy (non-hydrogen) atoms. The Morgan fingerprint density at radius 3 is 2.05 bits per heavy atom. The van der Waals surface area contributed by atoms with E-state index in [1.807, 2.05) is 0 Å². The van der Waals surface area contributed by atoms with E-state index in [0.717, 1.165) is 12.1 Å². The molecule has 0 aliphatic rings. The SMILES string of the molecule is CCCCOC(=O)CC(=O)N(N=Nc1cc(C(F)(F)F)ccc1C#N)c1cc(C(F)(F)F)ccc1C#N. The lowest BCUT2D eigenvalue weighted by molar-refractivity contribution is -0.146. The molecule has 0 atom stereocenters. The second-order valence-corrected chi connectivity index (χ2v) is 7.33. The Morgan fingerprint density at radius 1 is 0.946 bits per heavy atom. The van der Waals surface area contributed by atoms with Crippen LogP contribution in [0.25, 0.3) is 0 Å². The number of halogens is 6. The van der Waals surface area contributed by atoms with Crippen LogP contribution in [0.5, 0.6) is 0 Å². The molecule has 0 spiro atoms. The van der Waals surface area contributed by atoms with Gasteiger partial charge in [-0.3, -0.25) is 9.59 Å². The van der Waals surface area contributed by atoms with Crippen LogP contribution < -0.4 is 5.01 Å². The molecular formula is C23H17F6N5O3. The average Bonchev–Trinajstić information content (AvgIpc) is 2.82. The van der Waals surface area contributed by atoms with Gasteiger partial charge in [-0.15, -0.1) is 5.11 Å². The van der Waals surface area contributed by atoms with E-state index in [2.05, 4.69) is 10.3 Å². The van der Waals surface area contributed by atoms with Crippen LogP contribution in [-0.2, 0) is 26.7 Å².